The smallest absolute Gasteiger partial charge is 0.247 e. The van der Waals surface area contributed by atoms with Crippen molar-refractivity contribution in [3.63, 3.8) is 0 Å². The first-order valence-electron chi connectivity index (χ1n) is 7.68. The quantitative estimate of drug-likeness (QED) is 0.923. The molecule has 111 valence electrons. The van der Waals surface area contributed by atoms with Crippen LogP contribution in [0.2, 0.25) is 0 Å². The minimum Gasteiger partial charge on any atom is -0.330 e. The van der Waals surface area contributed by atoms with Crippen LogP contribution < -0.4 is 5.32 Å². The maximum atomic E-state index is 12.4. The van der Waals surface area contributed by atoms with Gasteiger partial charge in [0.2, 0.25) is 11.8 Å². The lowest BCUT2D eigenvalue weighted by atomic mass is 10.1. The third kappa shape index (κ3) is 3.09. The molecule has 1 atom stereocenters. The third-order valence-electron chi connectivity index (χ3n) is 4.28. The third-order valence-corrected chi connectivity index (χ3v) is 4.28. The second kappa shape index (κ2) is 5.88. The number of nitrogens with zero attached hydrogens (tertiary/aromatic N) is 1. The first kappa shape index (κ1) is 14.1. The molecule has 1 aliphatic heterocycles. The summed E-state index contributed by atoms with van der Waals surface area (Å²) >= 11 is 0. The van der Waals surface area contributed by atoms with Crippen LogP contribution in [0, 0.1) is 12.8 Å². The molecule has 1 heterocycles. The number of hydrogen-bond donors (Lipinski definition) is 1. The summed E-state index contributed by atoms with van der Waals surface area (Å²) in [6.45, 7) is 4.55. The summed E-state index contributed by atoms with van der Waals surface area (Å²) in [5, 5.41) is 2.93. The van der Waals surface area contributed by atoms with Crippen molar-refractivity contribution in [1.29, 1.82) is 0 Å². The lowest BCUT2D eigenvalue weighted by Crippen LogP contribution is -2.43. The number of carbonyl (C=O) groups excluding carboxylic acids is 2. The molecule has 4 heteroatoms. The van der Waals surface area contributed by atoms with Crippen molar-refractivity contribution in [3.05, 3.63) is 36.8 Å². The van der Waals surface area contributed by atoms with Crippen molar-refractivity contribution >= 4 is 17.5 Å². The van der Waals surface area contributed by atoms with E-state index in [1.165, 1.54) is 0 Å². The minimum atomic E-state index is -0.300. The maximum Gasteiger partial charge on any atom is 0.247 e. The highest BCUT2D eigenvalue weighted by Gasteiger charge is 2.40. The molecule has 1 aliphatic carbocycles. The van der Waals surface area contributed by atoms with Gasteiger partial charge in [-0.15, -0.1) is 0 Å². The van der Waals surface area contributed by atoms with E-state index in [4.69, 9.17) is 0 Å². The van der Waals surface area contributed by atoms with E-state index in [1.54, 1.807) is 4.90 Å². The first-order valence-corrected chi connectivity index (χ1v) is 7.68. The van der Waals surface area contributed by atoms with Crippen LogP contribution in [0.1, 0.15) is 31.2 Å². The van der Waals surface area contributed by atoms with E-state index in [0.29, 0.717) is 6.54 Å². The van der Waals surface area contributed by atoms with Gasteiger partial charge in [-0.1, -0.05) is 12.1 Å². The van der Waals surface area contributed by atoms with E-state index >= 15 is 0 Å². The molecule has 0 aromatic heterocycles. The van der Waals surface area contributed by atoms with Crippen LogP contribution in [0.3, 0.4) is 0 Å². The van der Waals surface area contributed by atoms with Crippen LogP contribution >= 0.6 is 0 Å². The van der Waals surface area contributed by atoms with Gasteiger partial charge in [-0.25, -0.2) is 0 Å². The minimum absolute atomic E-state index is 0.0659. The fourth-order valence-corrected chi connectivity index (χ4v) is 2.85. The molecule has 2 aliphatic rings. The van der Waals surface area contributed by atoms with Gasteiger partial charge in [-0.05, 0) is 56.7 Å². The zero-order valence-corrected chi connectivity index (χ0v) is 12.2. The highest BCUT2D eigenvalue weighted by atomic mass is 16.2. The van der Waals surface area contributed by atoms with Gasteiger partial charge in [0.1, 0.15) is 6.04 Å². The van der Waals surface area contributed by atoms with Crippen LogP contribution in [0.4, 0.5) is 5.69 Å². The fourth-order valence-electron chi connectivity index (χ4n) is 2.85. The van der Waals surface area contributed by atoms with E-state index in [0.717, 1.165) is 43.4 Å². The second-order valence-corrected chi connectivity index (χ2v) is 5.90. The Hall–Kier alpha value is -1.84. The lowest BCUT2D eigenvalue weighted by Gasteiger charge is -2.24. The number of likely N-dealkylation sites (tertiary alicyclic amines) is 1. The molecule has 1 radical (unpaired) electrons. The molecule has 0 bridgehead atoms. The number of nitrogens with one attached hydrogen (secondary N) is 1. The molecule has 1 aromatic rings. The van der Waals surface area contributed by atoms with Crippen molar-refractivity contribution in [2.75, 3.05) is 11.9 Å². The normalized spacial score (nSPS) is 21.4. The highest BCUT2D eigenvalue weighted by molar-refractivity contribution is 5.98. The van der Waals surface area contributed by atoms with Crippen LogP contribution in [0.15, 0.2) is 24.3 Å². The summed E-state index contributed by atoms with van der Waals surface area (Å²) in [4.78, 5) is 26.4. The molecule has 21 heavy (non-hydrogen) atoms. The molecule has 1 saturated heterocycles. The number of rotatable bonds is 4. The molecule has 1 aromatic carbocycles. The van der Waals surface area contributed by atoms with E-state index < -0.39 is 0 Å². The standard InChI is InChI=1S/C17H21N2O2/c1-2-12-5-9-14(10-6-12)18-16(20)15-4-3-11-19(15)17(21)13-7-8-13/h5-6,9-10,13,15H,1-4,7-8,11H2,(H,18,20)/t15-/m1/s1. The molecule has 3 rings (SSSR count). The largest absolute Gasteiger partial charge is 0.330 e. The van der Waals surface area contributed by atoms with Gasteiger partial charge in [0, 0.05) is 18.2 Å². The Morgan fingerprint density at radius 1 is 1.19 bits per heavy atom. The topological polar surface area (TPSA) is 49.4 Å². The molecule has 0 unspecified atom stereocenters. The Morgan fingerprint density at radius 2 is 1.90 bits per heavy atom. The van der Waals surface area contributed by atoms with Crippen molar-refractivity contribution in [3.8, 4) is 0 Å². The summed E-state index contributed by atoms with van der Waals surface area (Å²) < 4.78 is 0. The fraction of sp³-hybridized carbons (Fsp3) is 0.471. The SMILES string of the molecule is [CH2]Cc1ccc(NC(=O)[C@H]2CCCN2C(=O)C2CC2)cc1. The Labute approximate surface area is 125 Å². The summed E-state index contributed by atoms with van der Waals surface area (Å²) in [7, 11) is 0. The van der Waals surface area contributed by atoms with E-state index in [9.17, 15) is 9.59 Å². The molecular weight excluding hydrogens is 264 g/mol. The predicted octanol–water partition coefficient (Wildman–Crippen LogP) is 2.40. The van der Waals surface area contributed by atoms with Gasteiger partial charge in [-0.3, -0.25) is 9.59 Å². The zero-order chi connectivity index (χ0) is 14.8. The molecule has 0 spiro atoms. The Bertz CT molecular complexity index is 534. The van der Waals surface area contributed by atoms with Gasteiger partial charge >= 0.3 is 0 Å². The van der Waals surface area contributed by atoms with Gasteiger partial charge in [0.25, 0.3) is 0 Å². The number of carbonyl (C=O) groups is 2. The monoisotopic (exact) mass is 285 g/mol. The van der Waals surface area contributed by atoms with E-state index in [2.05, 4.69) is 12.2 Å². The molecule has 1 saturated carbocycles. The maximum absolute atomic E-state index is 12.4. The summed E-state index contributed by atoms with van der Waals surface area (Å²) in [6, 6.07) is 7.40. The van der Waals surface area contributed by atoms with Crippen LogP contribution in [0.25, 0.3) is 0 Å². The number of anilines is 1. The van der Waals surface area contributed by atoms with Crippen LogP contribution in [0.5, 0.6) is 0 Å². The molecule has 4 nitrogen and oxygen atoms in total. The first-order chi connectivity index (χ1) is 10.2. The average molecular weight is 285 g/mol. The summed E-state index contributed by atoms with van der Waals surface area (Å²) in [5.74, 6) is 0.277. The van der Waals surface area contributed by atoms with E-state index in [-0.39, 0.29) is 23.8 Å². The summed E-state index contributed by atoms with van der Waals surface area (Å²) in [6.07, 6.45) is 4.38. The Morgan fingerprint density at radius 3 is 2.52 bits per heavy atom. The molecule has 1 N–H and O–H groups in total. The number of benzene rings is 1. The predicted molar refractivity (Wildman–Crippen MR) is 81.6 cm³/mol. The lowest BCUT2D eigenvalue weighted by molar-refractivity contribution is -0.137. The Kier molecular flexibility index (Phi) is 3.95. The Balaban J connectivity index is 1.64. The number of amides is 2. The van der Waals surface area contributed by atoms with Crippen molar-refractivity contribution in [2.45, 2.75) is 38.1 Å². The molecule has 2 fully saturated rings. The average Bonchev–Trinajstić information content (AvgIpc) is 3.23. The van der Waals surface area contributed by atoms with Crippen molar-refractivity contribution in [2.24, 2.45) is 5.92 Å². The van der Waals surface area contributed by atoms with Gasteiger partial charge in [0.05, 0.1) is 0 Å². The second-order valence-electron chi connectivity index (χ2n) is 5.90. The molecule has 2 amide bonds. The zero-order valence-electron chi connectivity index (χ0n) is 12.2. The van der Waals surface area contributed by atoms with Crippen molar-refractivity contribution in [1.82, 2.24) is 4.90 Å². The summed E-state index contributed by atoms with van der Waals surface area (Å²) in [5.41, 5.74) is 1.92. The van der Waals surface area contributed by atoms with E-state index in [1.807, 2.05) is 24.3 Å². The van der Waals surface area contributed by atoms with Gasteiger partial charge in [-0.2, -0.15) is 0 Å². The van der Waals surface area contributed by atoms with Crippen LogP contribution in [-0.2, 0) is 16.0 Å². The highest BCUT2D eigenvalue weighted by Crippen LogP contribution is 2.33. The van der Waals surface area contributed by atoms with Gasteiger partial charge < -0.3 is 10.2 Å². The van der Waals surface area contributed by atoms with Gasteiger partial charge in [0.15, 0.2) is 0 Å². The molecular formula is C17H21N2O2. The van der Waals surface area contributed by atoms with Crippen LogP contribution in [-0.4, -0.2) is 29.3 Å². The van der Waals surface area contributed by atoms with Crippen molar-refractivity contribution < 1.29 is 9.59 Å². The number of hydrogen-bond acceptors (Lipinski definition) is 2.